The van der Waals surface area contributed by atoms with E-state index in [4.69, 9.17) is 22.5 Å². The van der Waals surface area contributed by atoms with Gasteiger partial charge in [-0.2, -0.15) is 8.42 Å². The Labute approximate surface area is 181 Å². The molecule has 1 fully saturated rings. The van der Waals surface area contributed by atoms with Crippen molar-refractivity contribution in [3.8, 4) is 0 Å². The second-order valence-corrected chi connectivity index (χ2v) is 22.2. The number of hydrogen-bond acceptors (Lipinski definition) is 10. The third kappa shape index (κ3) is 9.42. The van der Waals surface area contributed by atoms with Crippen LogP contribution in [0.4, 0.5) is 0 Å². The highest BCUT2D eigenvalue weighted by molar-refractivity contribution is 7.91. The highest BCUT2D eigenvalue weighted by Gasteiger charge is 2.52. The molecule has 0 saturated carbocycles. The van der Waals surface area contributed by atoms with Crippen LogP contribution in [-0.2, 0) is 47.3 Å². The first kappa shape index (κ1) is 27.7. The van der Waals surface area contributed by atoms with E-state index in [0.29, 0.717) is 0 Å². The fourth-order valence-electron chi connectivity index (χ4n) is 2.57. The minimum atomic E-state index is -4.08. The molecule has 0 aromatic heterocycles. The lowest BCUT2D eigenvalue weighted by molar-refractivity contribution is -0.208. The molecule has 0 N–H and O–H groups in total. The van der Waals surface area contributed by atoms with E-state index in [9.17, 15) is 21.6 Å². The van der Waals surface area contributed by atoms with E-state index >= 15 is 0 Å². The Morgan fingerprint density at radius 1 is 0.967 bits per heavy atom. The number of carbonyl (C=O) groups excluding carboxylic acids is 1. The largest absolute Gasteiger partial charge is 0.455 e. The highest BCUT2D eigenvalue weighted by Crippen LogP contribution is 2.30. The molecule has 0 radical (unpaired) electrons. The third-order valence-corrected chi connectivity index (χ3v) is 7.77. The number of esters is 1. The van der Waals surface area contributed by atoms with E-state index in [1.165, 1.54) is 6.92 Å². The lowest BCUT2D eigenvalue weighted by Gasteiger charge is -2.44. The van der Waals surface area contributed by atoms with Crippen LogP contribution in [0.25, 0.3) is 0 Å². The molecule has 5 atom stereocenters. The molecule has 1 aliphatic rings. The maximum absolute atomic E-state index is 12.6. The Balaban J connectivity index is 3.41. The average Bonchev–Trinajstić information content (AvgIpc) is 2.47. The molecular weight excluding hydrogens is 472 g/mol. The Bertz CT molecular complexity index is 814. The molecule has 14 heteroatoms. The van der Waals surface area contributed by atoms with Gasteiger partial charge in [0, 0.05) is 6.26 Å². The van der Waals surface area contributed by atoms with Crippen molar-refractivity contribution in [2.75, 3.05) is 19.1 Å². The molecule has 0 aromatic rings. The molecule has 1 rings (SSSR count). The highest BCUT2D eigenvalue weighted by atomic mass is 32.2. The summed E-state index contributed by atoms with van der Waals surface area (Å²) >= 11 is 0. The van der Waals surface area contributed by atoms with Gasteiger partial charge in [-0.1, -0.05) is 0 Å². The first-order valence-corrected chi connectivity index (χ1v) is 20.0. The van der Waals surface area contributed by atoms with Gasteiger partial charge in [-0.15, -0.1) is 0 Å². The molecular formula is C16H34O10S2Si2. The summed E-state index contributed by atoms with van der Waals surface area (Å²) in [5.41, 5.74) is -1.33. The summed E-state index contributed by atoms with van der Waals surface area (Å²) in [5.74, 6) is -0.981. The van der Waals surface area contributed by atoms with Gasteiger partial charge in [0.25, 0.3) is 10.1 Å². The number of cyclic esters (lactones) is 1. The maximum atomic E-state index is 12.6. The van der Waals surface area contributed by atoms with Crippen molar-refractivity contribution >= 4 is 42.6 Å². The first-order valence-electron chi connectivity index (χ1n) is 9.44. The SMILES string of the molecule is CC(O[C@H]1[C@H](O[Si](C)(C)C)[C@@H](CO[Si](C)(C)C)OC(=O)[C@@H]1OS(C)(=O)=O)S(C)(=O)=O. The van der Waals surface area contributed by atoms with E-state index in [2.05, 4.69) is 0 Å². The van der Waals surface area contributed by atoms with Gasteiger partial charge in [0.15, 0.2) is 38.0 Å². The van der Waals surface area contributed by atoms with Crippen molar-refractivity contribution in [3.63, 3.8) is 0 Å². The van der Waals surface area contributed by atoms with Crippen LogP contribution < -0.4 is 0 Å². The molecule has 10 nitrogen and oxygen atoms in total. The minimum Gasteiger partial charge on any atom is -0.455 e. The fourth-order valence-corrected chi connectivity index (χ4v) is 5.23. The molecule has 1 saturated heterocycles. The zero-order valence-corrected chi connectivity index (χ0v) is 22.6. The van der Waals surface area contributed by atoms with Crippen molar-refractivity contribution in [1.82, 2.24) is 0 Å². The van der Waals surface area contributed by atoms with Gasteiger partial charge in [-0.3, -0.25) is 4.18 Å². The summed E-state index contributed by atoms with van der Waals surface area (Å²) in [4.78, 5) is 12.6. The van der Waals surface area contributed by atoms with Gasteiger partial charge in [0.2, 0.25) is 6.10 Å². The zero-order chi connectivity index (χ0) is 23.7. The summed E-state index contributed by atoms with van der Waals surface area (Å²) in [6.45, 7) is 12.9. The number of carbonyl (C=O) groups is 1. The Hall–Kier alpha value is -0.356. The number of hydrogen-bond donors (Lipinski definition) is 0. The molecule has 1 unspecified atom stereocenters. The molecule has 178 valence electrons. The van der Waals surface area contributed by atoms with Gasteiger partial charge in [-0.05, 0) is 46.2 Å². The van der Waals surface area contributed by atoms with E-state index in [-0.39, 0.29) is 6.61 Å². The van der Waals surface area contributed by atoms with Gasteiger partial charge < -0.3 is 18.3 Å². The van der Waals surface area contributed by atoms with Crippen LogP contribution in [-0.4, -0.2) is 88.4 Å². The molecule has 0 aromatic carbocycles. The monoisotopic (exact) mass is 506 g/mol. The Morgan fingerprint density at radius 3 is 1.90 bits per heavy atom. The Morgan fingerprint density at radius 2 is 1.50 bits per heavy atom. The van der Waals surface area contributed by atoms with Crippen molar-refractivity contribution in [1.29, 1.82) is 0 Å². The summed E-state index contributed by atoms with van der Waals surface area (Å²) in [6, 6.07) is 0. The first-order chi connectivity index (χ1) is 13.2. The third-order valence-electron chi connectivity index (χ3n) is 3.89. The van der Waals surface area contributed by atoms with Gasteiger partial charge in [0.05, 0.1) is 12.9 Å². The van der Waals surface area contributed by atoms with Crippen molar-refractivity contribution in [2.45, 2.75) is 76.1 Å². The normalized spacial score (nSPS) is 27.6. The molecule has 0 amide bonds. The average molecular weight is 507 g/mol. The van der Waals surface area contributed by atoms with Crippen LogP contribution >= 0.6 is 0 Å². The molecule has 1 heterocycles. The molecule has 1 aliphatic heterocycles. The standard InChI is InChI=1S/C16H34O10S2Si2/c1-11(27(2,18)19)23-14-13(26-30(7,8)9)12(10-22-29(4,5)6)24-16(17)15(14)25-28(3,20)21/h11-15H,10H2,1-9H3/t11?,12-,13-,14+,15-/m1/s1. The van der Waals surface area contributed by atoms with Gasteiger partial charge >= 0.3 is 5.97 Å². The second kappa shape index (κ2) is 9.64. The molecule has 0 bridgehead atoms. The van der Waals surface area contributed by atoms with E-state index < -0.39 is 72.4 Å². The van der Waals surface area contributed by atoms with Crippen molar-refractivity contribution < 1.29 is 44.1 Å². The zero-order valence-electron chi connectivity index (χ0n) is 19.0. The predicted molar refractivity (Wildman–Crippen MR) is 116 cm³/mol. The second-order valence-electron chi connectivity index (χ2n) is 9.31. The summed E-state index contributed by atoms with van der Waals surface area (Å²) in [6.07, 6.45) is -3.15. The summed E-state index contributed by atoms with van der Waals surface area (Å²) < 4.78 is 75.5. The number of sulfone groups is 1. The lowest BCUT2D eigenvalue weighted by atomic mass is 10.00. The van der Waals surface area contributed by atoms with E-state index in [1.807, 2.05) is 39.3 Å². The lowest BCUT2D eigenvalue weighted by Crippen LogP contribution is -2.63. The van der Waals surface area contributed by atoms with Crippen LogP contribution in [0.5, 0.6) is 0 Å². The fraction of sp³-hybridized carbons (Fsp3) is 0.938. The van der Waals surface area contributed by atoms with E-state index in [1.54, 1.807) is 0 Å². The summed E-state index contributed by atoms with van der Waals surface area (Å²) in [5, 5.41) is 0. The predicted octanol–water partition coefficient (Wildman–Crippen LogP) is 1.10. The quantitative estimate of drug-likeness (QED) is 0.241. The van der Waals surface area contributed by atoms with Crippen LogP contribution in [0.15, 0.2) is 0 Å². The molecule has 30 heavy (non-hydrogen) atoms. The van der Waals surface area contributed by atoms with Gasteiger partial charge in [-0.25, -0.2) is 13.2 Å². The van der Waals surface area contributed by atoms with Crippen molar-refractivity contribution in [2.24, 2.45) is 0 Å². The smallest absolute Gasteiger partial charge is 0.340 e. The van der Waals surface area contributed by atoms with Crippen LogP contribution in [0.2, 0.25) is 39.3 Å². The van der Waals surface area contributed by atoms with Crippen molar-refractivity contribution in [3.05, 3.63) is 0 Å². The topological polar surface area (TPSA) is 131 Å². The van der Waals surface area contributed by atoms with Crippen LogP contribution in [0, 0.1) is 0 Å². The molecule has 0 aliphatic carbocycles. The maximum Gasteiger partial charge on any atom is 0.340 e. The van der Waals surface area contributed by atoms with Gasteiger partial charge in [0.1, 0.15) is 12.2 Å². The van der Waals surface area contributed by atoms with Crippen LogP contribution in [0.1, 0.15) is 6.92 Å². The number of rotatable bonds is 10. The van der Waals surface area contributed by atoms with Crippen LogP contribution in [0.3, 0.4) is 0 Å². The van der Waals surface area contributed by atoms with E-state index in [0.717, 1.165) is 12.5 Å². The molecule has 0 spiro atoms. The summed E-state index contributed by atoms with van der Waals surface area (Å²) in [7, 11) is -12.0. The Kier molecular flexibility index (Phi) is 8.90. The minimum absolute atomic E-state index is 0.00925. The number of ether oxygens (including phenoxy) is 2.